The lowest BCUT2D eigenvalue weighted by Gasteiger charge is -2.37. The van der Waals surface area contributed by atoms with Crippen molar-refractivity contribution in [2.24, 2.45) is 4.99 Å². The van der Waals surface area contributed by atoms with Crippen molar-refractivity contribution in [2.75, 3.05) is 46.1 Å². The number of sulfone groups is 1. The molecule has 3 rings (SSSR count). The highest BCUT2D eigenvalue weighted by Gasteiger charge is 2.30. The lowest BCUT2D eigenvalue weighted by atomic mass is 10.2. The fourth-order valence-electron chi connectivity index (χ4n) is 3.48. The van der Waals surface area contributed by atoms with Crippen LogP contribution in [0.3, 0.4) is 0 Å². The number of benzene rings is 1. The monoisotopic (exact) mass is 536 g/mol. The van der Waals surface area contributed by atoms with Crippen LogP contribution >= 0.6 is 24.0 Å². The van der Waals surface area contributed by atoms with E-state index < -0.39 is 9.84 Å². The van der Waals surface area contributed by atoms with Crippen LogP contribution in [0.1, 0.15) is 18.4 Å². The van der Waals surface area contributed by atoms with Gasteiger partial charge in [-0.1, -0.05) is 12.1 Å². The Bertz CT molecular complexity index is 815. The molecule has 0 aliphatic carbocycles. The summed E-state index contributed by atoms with van der Waals surface area (Å²) in [7, 11) is -1.45. The minimum absolute atomic E-state index is 0. The quantitative estimate of drug-likeness (QED) is 0.352. The largest absolute Gasteiger partial charge is 0.368 e. The van der Waals surface area contributed by atoms with Gasteiger partial charge in [0.1, 0.15) is 6.10 Å². The van der Waals surface area contributed by atoms with E-state index in [0.717, 1.165) is 24.4 Å². The summed E-state index contributed by atoms with van der Waals surface area (Å²) < 4.78 is 28.6. The number of hydrogen-bond donors (Lipinski definition) is 1. The number of carbonyl (C=O) groups is 1. The zero-order valence-corrected chi connectivity index (χ0v) is 20.0. The summed E-state index contributed by atoms with van der Waals surface area (Å²) in [6, 6.07) is 6.83. The molecule has 10 heteroatoms. The van der Waals surface area contributed by atoms with Gasteiger partial charge in [-0.3, -0.25) is 9.79 Å². The van der Waals surface area contributed by atoms with Crippen molar-refractivity contribution in [3.63, 3.8) is 0 Å². The average molecular weight is 536 g/mol. The van der Waals surface area contributed by atoms with Crippen molar-refractivity contribution in [3.05, 3.63) is 29.8 Å². The average Bonchev–Trinajstić information content (AvgIpc) is 3.23. The lowest BCUT2D eigenvalue weighted by Crippen LogP contribution is -2.55. The molecule has 2 fully saturated rings. The molecule has 1 unspecified atom stereocenters. The number of guanidine groups is 1. The number of amides is 1. The van der Waals surface area contributed by atoms with Crippen LogP contribution in [0.25, 0.3) is 0 Å². The van der Waals surface area contributed by atoms with Crippen LogP contribution in [0.15, 0.2) is 34.2 Å². The summed E-state index contributed by atoms with van der Waals surface area (Å²) in [5.74, 6) is 0.877. The van der Waals surface area contributed by atoms with Gasteiger partial charge in [0.2, 0.25) is 0 Å². The fourth-order valence-corrected chi connectivity index (χ4v) is 4.11. The van der Waals surface area contributed by atoms with E-state index in [0.29, 0.717) is 44.2 Å². The van der Waals surface area contributed by atoms with E-state index >= 15 is 0 Å². The van der Waals surface area contributed by atoms with Crippen molar-refractivity contribution in [1.82, 2.24) is 15.1 Å². The second-order valence-electron chi connectivity index (χ2n) is 7.13. The van der Waals surface area contributed by atoms with E-state index in [2.05, 4.69) is 15.2 Å². The van der Waals surface area contributed by atoms with Gasteiger partial charge in [0.05, 0.1) is 4.90 Å². The fraction of sp³-hybridized carbons (Fsp3) is 0.579. The van der Waals surface area contributed by atoms with Gasteiger partial charge in [0, 0.05) is 52.6 Å². The predicted octanol–water partition coefficient (Wildman–Crippen LogP) is 1.11. The number of piperazine rings is 1. The van der Waals surface area contributed by atoms with E-state index in [1.54, 1.807) is 31.3 Å². The SMILES string of the molecule is CN=C(NCc1ccc(S(C)(=O)=O)cc1)N1CCN(C(=O)C2CCCO2)CC1.I. The Morgan fingerprint density at radius 2 is 1.79 bits per heavy atom. The van der Waals surface area contributed by atoms with Crippen LogP contribution < -0.4 is 5.32 Å². The first kappa shape index (κ1) is 23.9. The molecule has 8 nitrogen and oxygen atoms in total. The number of nitrogens with one attached hydrogen (secondary N) is 1. The number of carbonyl (C=O) groups excluding carboxylic acids is 1. The maximum Gasteiger partial charge on any atom is 0.251 e. The first-order valence-corrected chi connectivity index (χ1v) is 11.4. The highest BCUT2D eigenvalue weighted by atomic mass is 127. The molecule has 0 spiro atoms. The Hall–Kier alpha value is -1.40. The summed E-state index contributed by atoms with van der Waals surface area (Å²) in [6.45, 7) is 3.96. The molecule has 0 aromatic heterocycles. The van der Waals surface area contributed by atoms with Crippen LogP contribution in [0.4, 0.5) is 0 Å². The molecule has 1 amide bonds. The van der Waals surface area contributed by atoms with Crippen LogP contribution in [-0.4, -0.2) is 82.3 Å². The Morgan fingerprint density at radius 3 is 2.31 bits per heavy atom. The Kier molecular flexibility index (Phi) is 8.71. The summed E-state index contributed by atoms with van der Waals surface area (Å²) in [4.78, 5) is 21.1. The van der Waals surface area contributed by atoms with E-state index in [-0.39, 0.29) is 36.0 Å². The zero-order chi connectivity index (χ0) is 20.1. The van der Waals surface area contributed by atoms with Crippen molar-refractivity contribution < 1.29 is 17.9 Å². The molecule has 0 radical (unpaired) electrons. The minimum atomic E-state index is -3.18. The highest BCUT2D eigenvalue weighted by molar-refractivity contribution is 14.0. The maximum absolute atomic E-state index is 12.4. The third-order valence-corrected chi connectivity index (χ3v) is 6.24. The van der Waals surface area contributed by atoms with Crippen LogP contribution in [0.2, 0.25) is 0 Å². The van der Waals surface area contributed by atoms with Gasteiger partial charge < -0.3 is 19.9 Å². The standard InChI is InChI=1S/C19H28N4O4S.HI/c1-20-19(21-14-15-5-7-16(8-6-15)28(2,25)26)23-11-9-22(10-12-23)18(24)17-4-3-13-27-17;/h5-8,17H,3-4,9-14H2,1-2H3,(H,20,21);1H. The Morgan fingerprint density at radius 1 is 1.17 bits per heavy atom. The van der Waals surface area contributed by atoms with Crippen molar-refractivity contribution in [1.29, 1.82) is 0 Å². The number of hydrogen-bond acceptors (Lipinski definition) is 5. The lowest BCUT2D eigenvalue weighted by molar-refractivity contribution is -0.142. The molecular weight excluding hydrogens is 507 g/mol. The van der Waals surface area contributed by atoms with E-state index in [1.165, 1.54) is 6.26 Å². The van der Waals surface area contributed by atoms with Gasteiger partial charge in [-0.2, -0.15) is 0 Å². The predicted molar refractivity (Wildman–Crippen MR) is 122 cm³/mol. The molecule has 2 aliphatic rings. The number of ether oxygens (including phenoxy) is 1. The van der Waals surface area contributed by atoms with Gasteiger partial charge in [-0.15, -0.1) is 24.0 Å². The summed E-state index contributed by atoms with van der Waals surface area (Å²) in [6.07, 6.45) is 2.71. The molecule has 2 saturated heterocycles. The number of rotatable bonds is 4. The van der Waals surface area contributed by atoms with E-state index in [9.17, 15) is 13.2 Å². The smallest absolute Gasteiger partial charge is 0.251 e. The summed E-state index contributed by atoms with van der Waals surface area (Å²) >= 11 is 0. The van der Waals surface area contributed by atoms with Gasteiger partial charge in [0.15, 0.2) is 15.8 Å². The molecule has 29 heavy (non-hydrogen) atoms. The Labute approximate surface area is 189 Å². The number of aliphatic imine (C=N–C) groups is 1. The van der Waals surface area contributed by atoms with Crippen molar-refractivity contribution >= 4 is 45.7 Å². The number of halogens is 1. The topological polar surface area (TPSA) is 91.3 Å². The van der Waals surface area contributed by atoms with Crippen LogP contribution in [-0.2, 0) is 25.9 Å². The van der Waals surface area contributed by atoms with Gasteiger partial charge in [-0.05, 0) is 30.5 Å². The summed E-state index contributed by atoms with van der Waals surface area (Å²) in [5.41, 5.74) is 0.973. The van der Waals surface area contributed by atoms with Gasteiger partial charge in [0.25, 0.3) is 5.91 Å². The highest BCUT2D eigenvalue weighted by Crippen LogP contribution is 2.16. The van der Waals surface area contributed by atoms with Crippen molar-refractivity contribution in [2.45, 2.75) is 30.4 Å². The molecule has 2 aliphatic heterocycles. The Balaban J connectivity index is 0.00000300. The molecule has 1 atom stereocenters. The molecule has 1 aromatic carbocycles. The third-order valence-electron chi connectivity index (χ3n) is 5.11. The first-order valence-electron chi connectivity index (χ1n) is 9.53. The second kappa shape index (κ2) is 10.6. The third kappa shape index (κ3) is 6.29. The maximum atomic E-state index is 12.4. The molecule has 162 valence electrons. The van der Waals surface area contributed by atoms with Crippen LogP contribution in [0, 0.1) is 0 Å². The molecule has 0 bridgehead atoms. The second-order valence-corrected chi connectivity index (χ2v) is 9.15. The first-order chi connectivity index (χ1) is 13.4. The van der Waals surface area contributed by atoms with Gasteiger partial charge in [-0.25, -0.2) is 8.42 Å². The molecule has 1 aromatic rings. The summed E-state index contributed by atoms with van der Waals surface area (Å²) in [5, 5.41) is 3.31. The molecule has 0 saturated carbocycles. The van der Waals surface area contributed by atoms with Crippen LogP contribution in [0.5, 0.6) is 0 Å². The molecule has 1 N–H and O–H groups in total. The van der Waals surface area contributed by atoms with E-state index in [1.807, 2.05) is 4.90 Å². The molecular formula is C19H29IN4O4S. The van der Waals surface area contributed by atoms with Gasteiger partial charge >= 0.3 is 0 Å². The zero-order valence-electron chi connectivity index (χ0n) is 16.8. The minimum Gasteiger partial charge on any atom is -0.368 e. The van der Waals surface area contributed by atoms with Crippen molar-refractivity contribution in [3.8, 4) is 0 Å². The number of nitrogens with zero attached hydrogens (tertiary/aromatic N) is 3. The molecule has 2 heterocycles. The normalized spacial score (nSPS) is 20.3. The van der Waals surface area contributed by atoms with E-state index in [4.69, 9.17) is 4.74 Å².